The van der Waals surface area contributed by atoms with Crippen molar-refractivity contribution < 1.29 is 34.7 Å². The Morgan fingerprint density at radius 2 is 1.57 bits per heavy atom. The van der Waals surface area contributed by atoms with E-state index in [2.05, 4.69) is 61.5 Å². The van der Waals surface area contributed by atoms with Crippen LogP contribution in [0.4, 0.5) is 0 Å². The van der Waals surface area contributed by atoms with Gasteiger partial charge in [0, 0.05) is 0 Å². The molecule has 7 heteroatoms. The van der Waals surface area contributed by atoms with Gasteiger partial charge in [-0.1, -0.05) is 67.0 Å². The van der Waals surface area contributed by atoms with Crippen molar-refractivity contribution in [1.29, 1.82) is 0 Å². The number of ether oxygens (including phenoxy) is 2. The second kappa shape index (κ2) is 10.5. The molecule has 5 aliphatic carbocycles. The van der Waals surface area contributed by atoms with Crippen LogP contribution >= 0.6 is 0 Å². The van der Waals surface area contributed by atoms with Gasteiger partial charge in [0.25, 0.3) is 0 Å². The van der Waals surface area contributed by atoms with Crippen molar-refractivity contribution in [3.05, 3.63) is 11.6 Å². The summed E-state index contributed by atoms with van der Waals surface area (Å²) in [5.41, 5.74) is 1.58. The number of fused-ring (bicyclic) bond motifs is 7. The minimum absolute atomic E-state index is 0.0118. The lowest BCUT2D eigenvalue weighted by Crippen LogP contribution is -2.65. The quantitative estimate of drug-likeness (QED) is 0.235. The Hall–Kier alpha value is -0.990. The molecule has 44 heavy (non-hydrogen) atoms. The monoisotopic (exact) mass is 616 g/mol. The first kappa shape index (κ1) is 32.9. The minimum atomic E-state index is -1.59. The van der Waals surface area contributed by atoms with Crippen molar-refractivity contribution in [1.82, 2.24) is 0 Å². The number of allylic oxidation sites excluding steroid dienone is 2. The summed E-state index contributed by atoms with van der Waals surface area (Å²) in [6.07, 6.45) is 5.68. The fraction of sp³-hybridized carbons (Fsp3) is 0.919. The van der Waals surface area contributed by atoms with Crippen LogP contribution in [-0.4, -0.2) is 63.7 Å². The fourth-order valence-corrected chi connectivity index (χ4v) is 12.2. The first-order valence-corrected chi connectivity index (χ1v) is 17.6. The number of rotatable bonds is 3. The van der Waals surface area contributed by atoms with Gasteiger partial charge in [0.2, 0.25) is 6.29 Å². The van der Waals surface area contributed by atoms with E-state index in [-0.39, 0.29) is 28.1 Å². The van der Waals surface area contributed by atoms with E-state index in [4.69, 9.17) is 9.47 Å². The predicted octanol–water partition coefficient (Wildman–Crippen LogP) is 5.77. The topological polar surface area (TPSA) is 116 Å². The highest BCUT2D eigenvalue weighted by atomic mass is 16.7. The highest BCUT2D eigenvalue weighted by molar-refractivity contribution is 5.79. The van der Waals surface area contributed by atoms with Crippen molar-refractivity contribution in [3.63, 3.8) is 0 Å². The van der Waals surface area contributed by atoms with Gasteiger partial charge in [0.1, 0.15) is 24.4 Å². The fourth-order valence-electron chi connectivity index (χ4n) is 12.2. The summed E-state index contributed by atoms with van der Waals surface area (Å²) in [7, 11) is 0. The maximum absolute atomic E-state index is 14.4. The first-order chi connectivity index (χ1) is 20.4. The van der Waals surface area contributed by atoms with Crippen LogP contribution in [0.2, 0.25) is 0 Å². The Bertz CT molecular complexity index is 1180. The third kappa shape index (κ3) is 4.41. The second-order valence-corrected chi connectivity index (χ2v) is 18.2. The maximum Gasteiger partial charge on any atom is 0.315 e. The molecule has 4 unspecified atom stereocenters. The Morgan fingerprint density at radius 1 is 0.886 bits per heavy atom. The lowest BCUT2D eigenvalue weighted by molar-refractivity contribution is -0.297. The Morgan fingerprint density at radius 3 is 2.25 bits per heavy atom. The number of carbonyl (C=O) groups is 1. The molecule has 0 spiro atoms. The molecule has 13 atom stereocenters. The van der Waals surface area contributed by atoms with E-state index >= 15 is 0 Å². The van der Waals surface area contributed by atoms with E-state index in [1.165, 1.54) is 31.3 Å². The van der Waals surface area contributed by atoms with Gasteiger partial charge in [-0.15, -0.1) is 0 Å². The second-order valence-electron chi connectivity index (χ2n) is 18.2. The molecule has 1 heterocycles. The van der Waals surface area contributed by atoms with Gasteiger partial charge in [0.05, 0.1) is 12.0 Å². The van der Waals surface area contributed by atoms with Crippen molar-refractivity contribution in [2.45, 2.75) is 150 Å². The molecule has 4 saturated carbocycles. The Kier molecular flexibility index (Phi) is 7.86. The molecule has 7 nitrogen and oxygen atoms in total. The molecule has 0 aromatic heterocycles. The zero-order chi connectivity index (χ0) is 32.3. The summed E-state index contributed by atoms with van der Waals surface area (Å²) >= 11 is 0. The molecule has 6 rings (SSSR count). The number of carbonyl (C=O) groups excluding carboxylic acids is 1. The highest BCUT2D eigenvalue weighted by Gasteiger charge is 2.69. The minimum Gasteiger partial charge on any atom is -0.432 e. The van der Waals surface area contributed by atoms with E-state index in [9.17, 15) is 25.2 Å². The number of aliphatic hydroxyl groups excluding tert-OH is 4. The molecule has 4 N–H and O–H groups in total. The highest BCUT2D eigenvalue weighted by Crippen LogP contribution is 2.76. The third-order valence-corrected chi connectivity index (χ3v) is 15.7. The average molecular weight is 617 g/mol. The van der Waals surface area contributed by atoms with Crippen LogP contribution in [0.5, 0.6) is 0 Å². The maximum atomic E-state index is 14.4. The zero-order valence-corrected chi connectivity index (χ0v) is 28.6. The van der Waals surface area contributed by atoms with Crippen molar-refractivity contribution in [2.24, 2.45) is 56.2 Å². The Balaban J connectivity index is 1.35. The molecule has 0 radical (unpaired) electrons. The van der Waals surface area contributed by atoms with Gasteiger partial charge in [-0.25, -0.2) is 0 Å². The van der Waals surface area contributed by atoms with Crippen molar-refractivity contribution >= 4 is 5.97 Å². The van der Waals surface area contributed by atoms with E-state index in [0.717, 1.165) is 43.9 Å². The van der Waals surface area contributed by atoms with Crippen LogP contribution in [0.3, 0.4) is 0 Å². The van der Waals surface area contributed by atoms with Gasteiger partial charge in [0.15, 0.2) is 0 Å². The summed E-state index contributed by atoms with van der Waals surface area (Å²) in [5.74, 6) is 1.73. The lowest BCUT2D eigenvalue weighted by atomic mass is 9.33. The SMILES string of the molecule is C[C@H]1CC[C@@]2(C)C(CC[C@]3(C)C2CC=C2C4CC(C)(C)CCC4(C(=O)O[C@@H]4O[C@H](CO)[C@@H](O)[C@H](O)[C@H]4O)CC[C@]23C)C1(C)C. The van der Waals surface area contributed by atoms with Gasteiger partial charge in [-0.2, -0.15) is 0 Å². The van der Waals surface area contributed by atoms with Crippen LogP contribution in [0.25, 0.3) is 0 Å². The zero-order valence-electron chi connectivity index (χ0n) is 28.6. The predicted molar refractivity (Wildman–Crippen MR) is 168 cm³/mol. The number of aliphatic hydroxyl groups is 4. The van der Waals surface area contributed by atoms with Gasteiger partial charge in [-0.3, -0.25) is 4.79 Å². The molecule has 250 valence electrons. The molecule has 1 aliphatic heterocycles. The number of hydrogen-bond acceptors (Lipinski definition) is 7. The van der Waals surface area contributed by atoms with E-state index < -0.39 is 42.7 Å². The van der Waals surface area contributed by atoms with Gasteiger partial charge in [-0.05, 0) is 115 Å². The summed E-state index contributed by atoms with van der Waals surface area (Å²) < 4.78 is 11.6. The summed E-state index contributed by atoms with van der Waals surface area (Å²) in [6.45, 7) is 19.3. The largest absolute Gasteiger partial charge is 0.432 e. The smallest absolute Gasteiger partial charge is 0.315 e. The average Bonchev–Trinajstić information content (AvgIpc) is 2.95. The normalized spacial score (nSPS) is 52.8. The first-order valence-electron chi connectivity index (χ1n) is 17.6. The molecule has 6 aliphatic rings. The van der Waals surface area contributed by atoms with Gasteiger partial charge >= 0.3 is 5.97 Å². The third-order valence-electron chi connectivity index (χ3n) is 15.7. The summed E-state index contributed by atoms with van der Waals surface area (Å²) in [4.78, 5) is 14.4. The Labute approximate surface area is 265 Å². The molecule has 0 amide bonds. The number of esters is 1. The van der Waals surface area contributed by atoms with Crippen molar-refractivity contribution in [3.8, 4) is 0 Å². The molecular weight excluding hydrogens is 556 g/mol. The van der Waals surface area contributed by atoms with Crippen LogP contribution in [0, 0.1) is 56.2 Å². The van der Waals surface area contributed by atoms with E-state index in [0.29, 0.717) is 23.2 Å². The van der Waals surface area contributed by atoms with Crippen molar-refractivity contribution in [2.75, 3.05) is 6.61 Å². The molecule has 0 aromatic rings. The van der Waals surface area contributed by atoms with Gasteiger partial charge < -0.3 is 29.9 Å². The molecule has 0 aromatic carbocycles. The standard InChI is InChI=1S/C37H60O7/c1-21-11-13-34(6)25(33(21,4)5)12-14-36(8)26(34)10-9-22-23-19-32(2,3)15-17-37(23,18-16-35(22,36)7)31(42)44-30-29(41)28(40)27(39)24(20-38)43-30/h9,21,23-30,38-41H,10-20H2,1-8H3/t21-,23?,24+,25?,26?,27+,28-,29+,30-,34-,35+,36+,37?/m0/s1. The van der Waals surface area contributed by atoms with Crippen LogP contribution < -0.4 is 0 Å². The van der Waals surface area contributed by atoms with Crippen LogP contribution in [-0.2, 0) is 14.3 Å². The van der Waals surface area contributed by atoms with E-state index in [1.807, 2.05) is 0 Å². The van der Waals surface area contributed by atoms with Crippen LogP contribution in [0.1, 0.15) is 120 Å². The van der Waals surface area contributed by atoms with E-state index in [1.54, 1.807) is 0 Å². The molecule has 0 bridgehead atoms. The lowest BCUT2D eigenvalue weighted by Gasteiger charge is -2.71. The van der Waals surface area contributed by atoms with Crippen LogP contribution in [0.15, 0.2) is 11.6 Å². The summed E-state index contributed by atoms with van der Waals surface area (Å²) in [5, 5.41) is 41.0. The molecular formula is C37H60O7. The number of hydrogen-bond donors (Lipinski definition) is 4. The molecule has 5 fully saturated rings. The summed E-state index contributed by atoms with van der Waals surface area (Å²) in [6, 6.07) is 0. The molecule has 1 saturated heterocycles.